The zero-order chi connectivity index (χ0) is 19.8. The molecule has 2 heterocycles. The monoisotopic (exact) mass is 380 g/mol. The van der Waals surface area contributed by atoms with Gasteiger partial charge in [0.1, 0.15) is 6.54 Å². The number of rotatable bonds is 3. The molecule has 1 N–H and O–H groups in total. The topological polar surface area (TPSA) is 45.5 Å². The Labute approximate surface area is 156 Å². The highest BCUT2D eigenvalue weighted by Crippen LogP contribution is 2.36. The number of alkyl halides is 3. The molecule has 0 unspecified atom stereocenters. The van der Waals surface area contributed by atoms with Crippen molar-refractivity contribution in [3.63, 3.8) is 0 Å². The third-order valence-electron chi connectivity index (χ3n) is 5.38. The van der Waals surface area contributed by atoms with Crippen LogP contribution in [-0.4, -0.2) is 33.6 Å². The molecule has 0 bridgehead atoms. The van der Waals surface area contributed by atoms with Gasteiger partial charge in [0.2, 0.25) is 5.91 Å². The molecule has 1 aromatic heterocycles. The number of amides is 1. The van der Waals surface area contributed by atoms with Crippen LogP contribution in [0.5, 0.6) is 0 Å². The molecule has 3 rings (SSSR count). The number of hydrogen-bond donors (Lipinski definition) is 1. The van der Waals surface area contributed by atoms with Gasteiger partial charge in [-0.2, -0.15) is 13.2 Å². The van der Waals surface area contributed by atoms with Crippen LogP contribution in [0.15, 0.2) is 36.4 Å². The third kappa shape index (κ3) is 4.03. The summed E-state index contributed by atoms with van der Waals surface area (Å²) in [5.74, 6) is -0.0523. The minimum atomic E-state index is -4.45. The minimum Gasteiger partial charge on any atom is -0.385 e. The Bertz CT molecular complexity index is 814. The lowest BCUT2D eigenvalue weighted by Gasteiger charge is -2.39. The first-order valence-electron chi connectivity index (χ1n) is 8.91. The number of aliphatic hydroxyl groups is 1. The highest BCUT2D eigenvalue weighted by atomic mass is 19.4. The molecule has 2 aromatic rings. The van der Waals surface area contributed by atoms with E-state index in [2.05, 4.69) is 0 Å². The van der Waals surface area contributed by atoms with Crippen LogP contribution in [0.1, 0.15) is 35.4 Å². The normalized spacial score (nSPS) is 17.2. The van der Waals surface area contributed by atoms with Crippen molar-refractivity contribution in [1.82, 2.24) is 9.47 Å². The van der Waals surface area contributed by atoms with Crippen LogP contribution in [0, 0.1) is 13.8 Å². The van der Waals surface area contributed by atoms with Crippen molar-refractivity contribution >= 4 is 5.91 Å². The summed E-state index contributed by atoms with van der Waals surface area (Å²) in [4.78, 5) is 14.2. The van der Waals surface area contributed by atoms with Gasteiger partial charge < -0.3 is 14.6 Å². The first-order chi connectivity index (χ1) is 12.6. The lowest BCUT2D eigenvalue weighted by molar-refractivity contribution is -0.137. The number of piperidine rings is 1. The van der Waals surface area contributed by atoms with E-state index in [0.29, 0.717) is 13.1 Å². The average Bonchev–Trinajstić information content (AvgIpc) is 2.93. The van der Waals surface area contributed by atoms with Gasteiger partial charge in [0.05, 0.1) is 11.2 Å². The highest BCUT2D eigenvalue weighted by Gasteiger charge is 2.38. The molecule has 1 aromatic carbocycles. The Kier molecular flexibility index (Phi) is 5.08. The summed E-state index contributed by atoms with van der Waals surface area (Å²) in [6.07, 6.45) is -4.02. The van der Waals surface area contributed by atoms with Crippen LogP contribution >= 0.6 is 0 Å². The second kappa shape index (κ2) is 7.03. The van der Waals surface area contributed by atoms with E-state index in [9.17, 15) is 23.1 Å². The fraction of sp³-hybridized carbons (Fsp3) is 0.450. The first kappa shape index (κ1) is 19.5. The number of halogens is 3. The SMILES string of the molecule is Cc1ccc(C)n1CC(=O)N1CCC(O)(c2cccc(C(F)(F)F)c2)CC1. The lowest BCUT2D eigenvalue weighted by atomic mass is 9.83. The molecule has 4 nitrogen and oxygen atoms in total. The number of nitrogens with zero attached hydrogens (tertiary/aromatic N) is 2. The van der Waals surface area contributed by atoms with E-state index in [1.54, 1.807) is 4.90 Å². The Balaban J connectivity index is 1.68. The smallest absolute Gasteiger partial charge is 0.385 e. The van der Waals surface area contributed by atoms with E-state index in [-0.39, 0.29) is 30.9 Å². The first-order valence-corrected chi connectivity index (χ1v) is 8.91. The molecule has 0 spiro atoms. The van der Waals surface area contributed by atoms with Crippen LogP contribution in [0.2, 0.25) is 0 Å². The molecular weight excluding hydrogens is 357 g/mol. The van der Waals surface area contributed by atoms with Crippen molar-refractivity contribution in [2.45, 2.75) is 45.0 Å². The number of benzene rings is 1. The molecule has 1 aliphatic rings. The van der Waals surface area contributed by atoms with Crippen LogP contribution in [0.4, 0.5) is 13.2 Å². The third-order valence-corrected chi connectivity index (χ3v) is 5.38. The average molecular weight is 380 g/mol. The van der Waals surface area contributed by atoms with Gasteiger partial charge in [-0.3, -0.25) is 4.79 Å². The van der Waals surface area contributed by atoms with Crippen LogP contribution < -0.4 is 0 Å². The van der Waals surface area contributed by atoms with E-state index in [1.807, 2.05) is 30.5 Å². The van der Waals surface area contributed by atoms with Gasteiger partial charge in [0.25, 0.3) is 0 Å². The van der Waals surface area contributed by atoms with E-state index < -0.39 is 17.3 Å². The molecule has 1 fully saturated rings. The summed E-state index contributed by atoms with van der Waals surface area (Å²) in [7, 11) is 0. The molecular formula is C20H23F3N2O2. The van der Waals surface area contributed by atoms with E-state index >= 15 is 0 Å². The van der Waals surface area contributed by atoms with Crippen molar-refractivity contribution in [2.24, 2.45) is 0 Å². The van der Waals surface area contributed by atoms with Crippen LogP contribution in [-0.2, 0) is 23.1 Å². The Morgan fingerprint density at radius 2 is 1.70 bits per heavy atom. The number of carbonyl (C=O) groups is 1. The van der Waals surface area contributed by atoms with Crippen LogP contribution in [0.25, 0.3) is 0 Å². The Morgan fingerprint density at radius 3 is 2.26 bits per heavy atom. The van der Waals surface area contributed by atoms with Crippen LogP contribution in [0.3, 0.4) is 0 Å². The summed E-state index contributed by atoms with van der Waals surface area (Å²) in [5, 5.41) is 10.9. The zero-order valence-corrected chi connectivity index (χ0v) is 15.4. The van der Waals surface area contributed by atoms with Gasteiger partial charge in [0.15, 0.2) is 0 Å². The number of hydrogen-bond acceptors (Lipinski definition) is 2. The van der Waals surface area contributed by atoms with E-state index in [1.165, 1.54) is 12.1 Å². The molecule has 0 atom stereocenters. The summed E-state index contributed by atoms with van der Waals surface area (Å²) < 4.78 is 40.7. The highest BCUT2D eigenvalue weighted by molar-refractivity contribution is 5.76. The van der Waals surface area contributed by atoms with Gasteiger partial charge in [-0.25, -0.2) is 0 Å². The standard InChI is InChI=1S/C20H23F3N2O2/c1-14-6-7-15(2)25(14)13-18(26)24-10-8-19(27,9-11-24)16-4-3-5-17(12-16)20(21,22)23/h3-7,12,27H,8-11,13H2,1-2H3. The fourth-order valence-corrected chi connectivity index (χ4v) is 3.58. The molecule has 7 heteroatoms. The number of aromatic nitrogens is 1. The summed E-state index contributed by atoms with van der Waals surface area (Å²) in [5.41, 5.74) is 0.126. The second-order valence-corrected chi connectivity index (χ2v) is 7.19. The quantitative estimate of drug-likeness (QED) is 0.884. The second-order valence-electron chi connectivity index (χ2n) is 7.19. The number of aryl methyl sites for hydroxylation is 2. The summed E-state index contributed by atoms with van der Waals surface area (Å²) >= 11 is 0. The Morgan fingerprint density at radius 1 is 1.11 bits per heavy atom. The van der Waals surface area contributed by atoms with E-state index in [4.69, 9.17) is 0 Å². The minimum absolute atomic E-state index is 0.0523. The van der Waals surface area contributed by atoms with Crippen molar-refractivity contribution in [2.75, 3.05) is 13.1 Å². The van der Waals surface area contributed by atoms with Gasteiger partial charge >= 0.3 is 6.18 Å². The van der Waals surface area contributed by atoms with Gasteiger partial charge in [-0.15, -0.1) is 0 Å². The van der Waals surface area contributed by atoms with Gasteiger partial charge in [-0.1, -0.05) is 12.1 Å². The molecule has 27 heavy (non-hydrogen) atoms. The van der Waals surface area contributed by atoms with Crippen molar-refractivity contribution < 1.29 is 23.1 Å². The van der Waals surface area contributed by atoms with Gasteiger partial charge in [-0.05, 0) is 56.5 Å². The zero-order valence-electron chi connectivity index (χ0n) is 15.4. The molecule has 0 radical (unpaired) electrons. The molecule has 0 aliphatic carbocycles. The number of carbonyl (C=O) groups excluding carboxylic acids is 1. The summed E-state index contributed by atoms with van der Waals surface area (Å²) in [6, 6.07) is 8.72. The van der Waals surface area contributed by atoms with E-state index in [0.717, 1.165) is 23.5 Å². The molecule has 1 amide bonds. The Hall–Kier alpha value is -2.28. The largest absolute Gasteiger partial charge is 0.416 e. The van der Waals surface area contributed by atoms with Crippen molar-refractivity contribution in [3.05, 3.63) is 58.9 Å². The van der Waals surface area contributed by atoms with Gasteiger partial charge in [0, 0.05) is 24.5 Å². The maximum absolute atomic E-state index is 12.9. The summed E-state index contributed by atoms with van der Waals surface area (Å²) in [6.45, 7) is 4.72. The predicted octanol–water partition coefficient (Wildman–Crippen LogP) is 3.63. The lowest BCUT2D eigenvalue weighted by Crippen LogP contribution is -2.46. The fourth-order valence-electron chi connectivity index (χ4n) is 3.58. The number of likely N-dealkylation sites (tertiary alicyclic amines) is 1. The van der Waals surface area contributed by atoms with Crippen molar-refractivity contribution in [3.8, 4) is 0 Å². The molecule has 0 saturated carbocycles. The molecule has 1 aliphatic heterocycles. The molecule has 1 saturated heterocycles. The van der Waals surface area contributed by atoms with Crippen molar-refractivity contribution in [1.29, 1.82) is 0 Å². The maximum atomic E-state index is 12.9. The molecule has 146 valence electrons. The maximum Gasteiger partial charge on any atom is 0.416 e. The predicted molar refractivity (Wildman–Crippen MR) is 95.1 cm³/mol.